The van der Waals surface area contributed by atoms with E-state index in [2.05, 4.69) is 15.4 Å². The first-order valence-electron chi connectivity index (χ1n) is 12.2. The molecule has 0 aromatic carbocycles. The van der Waals surface area contributed by atoms with Crippen molar-refractivity contribution < 1.29 is 19.1 Å². The molecule has 3 aliphatic heterocycles. The highest BCUT2D eigenvalue weighted by Crippen LogP contribution is 2.44. The highest BCUT2D eigenvalue weighted by molar-refractivity contribution is 6.00. The number of pyridine rings is 1. The maximum absolute atomic E-state index is 12.7. The van der Waals surface area contributed by atoms with Crippen molar-refractivity contribution in [2.45, 2.75) is 63.6 Å². The maximum atomic E-state index is 12.7. The van der Waals surface area contributed by atoms with E-state index >= 15 is 0 Å². The fraction of sp³-hybridized carbons (Fsp3) is 0.440. The van der Waals surface area contributed by atoms with Gasteiger partial charge >= 0.3 is 6.09 Å². The van der Waals surface area contributed by atoms with Crippen LogP contribution in [-0.2, 0) is 9.53 Å². The lowest BCUT2D eigenvalue weighted by molar-refractivity contribution is -0.133. The van der Waals surface area contributed by atoms with E-state index in [1.54, 1.807) is 19.3 Å². The van der Waals surface area contributed by atoms with Crippen molar-refractivity contribution in [1.82, 2.24) is 29.8 Å². The summed E-state index contributed by atoms with van der Waals surface area (Å²) in [6.45, 7) is 3.36. The molecule has 3 N–H and O–H groups in total. The molecule has 3 atom stereocenters. The predicted molar refractivity (Wildman–Crippen MR) is 129 cm³/mol. The minimum atomic E-state index is -0.454. The summed E-state index contributed by atoms with van der Waals surface area (Å²) >= 11 is 0. The third kappa shape index (κ3) is 3.49. The van der Waals surface area contributed by atoms with Gasteiger partial charge in [-0.2, -0.15) is 9.61 Å². The van der Waals surface area contributed by atoms with E-state index < -0.39 is 6.09 Å². The first-order chi connectivity index (χ1) is 17.3. The molecule has 3 unspecified atom stereocenters. The average Bonchev–Trinajstić information content (AvgIpc) is 3.54. The number of hydrogen-bond donors (Lipinski definition) is 2. The Morgan fingerprint density at radius 1 is 1.14 bits per heavy atom. The van der Waals surface area contributed by atoms with Gasteiger partial charge in [0.15, 0.2) is 11.4 Å². The Labute approximate surface area is 207 Å². The van der Waals surface area contributed by atoms with Gasteiger partial charge in [-0.3, -0.25) is 14.6 Å². The Morgan fingerprint density at radius 3 is 2.47 bits per heavy atom. The molecule has 6 heterocycles. The van der Waals surface area contributed by atoms with E-state index in [9.17, 15) is 14.4 Å². The Hall–Kier alpha value is -4.02. The number of aromatic nitrogens is 4. The number of Topliss-reactive ketones (excluding diaryl/α,β-unsaturated/α-hetero) is 1. The number of nitrogens with zero attached hydrogens (tertiary/aromatic N) is 5. The van der Waals surface area contributed by atoms with Crippen LogP contribution in [0.1, 0.15) is 73.2 Å². The number of anilines is 1. The summed E-state index contributed by atoms with van der Waals surface area (Å²) in [5.41, 5.74) is 10.4. The molecular weight excluding hydrogens is 462 g/mol. The molecule has 3 aliphatic rings. The van der Waals surface area contributed by atoms with Gasteiger partial charge in [0.25, 0.3) is 0 Å². The number of nitrogens with two attached hydrogens (primary N) is 1. The molecular formula is C25H27N7O4. The molecule has 0 radical (unpaired) electrons. The van der Waals surface area contributed by atoms with Crippen molar-refractivity contribution in [2.75, 3.05) is 12.3 Å². The van der Waals surface area contributed by atoms with Gasteiger partial charge in [0, 0.05) is 42.2 Å². The second-order valence-corrected chi connectivity index (χ2v) is 9.85. The summed E-state index contributed by atoms with van der Waals surface area (Å²) in [5, 5.41) is 7.15. The molecule has 3 saturated heterocycles. The van der Waals surface area contributed by atoms with Gasteiger partial charge in [-0.05, 0) is 38.7 Å². The fourth-order valence-electron chi connectivity index (χ4n) is 6.12. The molecule has 0 saturated carbocycles. The van der Waals surface area contributed by atoms with Crippen LogP contribution in [0.2, 0.25) is 0 Å². The molecule has 2 amide bonds. The molecule has 2 bridgehead atoms. The van der Waals surface area contributed by atoms with Crippen molar-refractivity contribution in [2.24, 2.45) is 0 Å². The molecule has 0 spiro atoms. The smallest absolute Gasteiger partial charge is 0.407 e. The minimum absolute atomic E-state index is 0.0264. The second-order valence-electron chi connectivity index (χ2n) is 9.85. The van der Waals surface area contributed by atoms with Crippen LogP contribution in [0, 0.1) is 0 Å². The number of nitrogens with one attached hydrogen (secondary N) is 1. The van der Waals surface area contributed by atoms with Gasteiger partial charge < -0.3 is 20.7 Å². The summed E-state index contributed by atoms with van der Waals surface area (Å²) in [6, 6.07) is 3.76. The van der Waals surface area contributed by atoms with E-state index in [0.29, 0.717) is 22.6 Å². The van der Waals surface area contributed by atoms with Gasteiger partial charge in [-0.1, -0.05) is 6.07 Å². The molecule has 3 aromatic heterocycles. The van der Waals surface area contributed by atoms with Crippen molar-refractivity contribution in [3.05, 3.63) is 41.5 Å². The van der Waals surface area contributed by atoms with Gasteiger partial charge in [-0.25, -0.2) is 9.78 Å². The number of cyclic esters (lactones) is 1. The third-order valence-electron chi connectivity index (χ3n) is 7.67. The number of rotatable bonds is 4. The Kier molecular flexibility index (Phi) is 5.16. The first kappa shape index (κ1) is 22.4. The zero-order valence-corrected chi connectivity index (χ0v) is 20.1. The SMILES string of the molecule is CC(=O)c1c(C2CC3CCC(C2)N3C(C)=O)nc2c(-c3ccc(C4COC(=O)N4)nc3)cnn2c1N. The van der Waals surface area contributed by atoms with Crippen molar-refractivity contribution >= 4 is 29.2 Å². The lowest BCUT2D eigenvalue weighted by Gasteiger charge is -2.38. The van der Waals surface area contributed by atoms with Crippen molar-refractivity contribution in [1.29, 1.82) is 0 Å². The lowest BCUT2D eigenvalue weighted by atomic mass is 9.85. The number of carbonyl (C=O) groups is 3. The standard InChI is InChI=1S/C25H27N7O4/c1-12(33)21-22(15-7-16-4-5-17(8-15)31(16)13(2)34)30-24-18(10-28-32(24)23(21)26)14-3-6-19(27-9-14)20-11-36-25(35)29-20/h3,6,9-10,15-17,20H,4-5,7-8,11,26H2,1-2H3,(H,29,35). The Morgan fingerprint density at radius 2 is 1.89 bits per heavy atom. The lowest BCUT2D eigenvalue weighted by Crippen LogP contribution is -2.45. The number of carbonyl (C=O) groups excluding carboxylic acids is 3. The van der Waals surface area contributed by atoms with Gasteiger partial charge in [0.1, 0.15) is 18.5 Å². The predicted octanol–water partition coefficient (Wildman–Crippen LogP) is 2.61. The monoisotopic (exact) mass is 489 g/mol. The van der Waals surface area contributed by atoms with Crippen LogP contribution in [0.4, 0.5) is 10.6 Å². The number of fused-ring (bicyclic) bond motifs is 3. The summed E-state index contributed by atoms with van der Waals surface area (Å²) < 4.78 is 6.46. The number of piperidine rings is 1. The van der Waals surface area contributed by atoms with E-state index in [4.69, 9.17) is 15.5 Å². The molecule has 11 heteroatoms. The van der Waals surface area contributed by atoms with Gasteiger partial charge in [-0.15, -0.1) is 0 Å². The minimum Gasteiger partial charge on any atom is -0.447 e. The number of hydrogen-bond acceptors (Lipinski definition) is 8. The largest absolute Gasteiger partial charge is 0.447 e. The normalized spacial score (nSPS) is 25.2. The van der Waals surface area contributed by atoms with E-state index in [-0.39, 0.29) is 48.2 Å². The van der Waals surface area contributed by atoms with E-state index in [1.165, 1.54) is 11.4 Å². The molecule has 11 nitrogen and oxygen atoms in total. The van der Waals surface area contributed by atoms with E-state index in [1.807, 2.05) is 17.0 Å². The first-order valence-corrected chi connectivity index (χ1v) is 12.2. The maximum Gasteiger partial charge on any atom is 0.407 e. The van der Waals surface area contributed by atoms with Crippen molar-refractivity contribution in [3.8, 4) is 11.1 Å². The summed E-state index contributed by atoms with van der Waals surface area (Å²) in [6.07, 6.45) is 6.38. The molecule has 3 aromatic rings. The molecule has 186 valence electrons. The third-order valence-corrected chi connectivity index (χ3v) is 7.67. The zero-order valence-electron chi connectivity index (χ0n) is 20.1. The van der Waals surface area contributed by atoms with Gasteiger partial charge in [0.05, 0.1) is 23.1 Å². The van der Waals surface area contributed by atoms with Crippen LogP contribution in [0.3, 0.4) is 0 Å². The summed E-state index contributed by atoms with van der Waals surface area (Å²) in [4.78, 5) is 47.8. The van der Waals surface area contributed by atoms with Gasteiger partial charge in [0.2, 0.25) is 5.91 Å². The van der Waals surface area contributed by atoms with Crippen LogP contribution in [0.15, 0.2) is 24.5 Å². The van der Waals surface area contributed by atoms with Crippen LogP contribution >= 0.6 is 0 Å². The molecule has 3 fully saturated rings. The number of alkyl carbamates (subject to hydrolysis) is 1. The number of ether oxygens (including phenoxy) is 1. The van der Waals surface area contributed by atoms with Crippen LogP contribution in [0.5, 0.6) is 0 Å². The number of nitrogen functional groups attached to an aromatic ring is 1. The van der Waals surface area contributed by atoms with Crippen LogP contribution < -0.4 is 11.1 Å². The van der Waals surface area contributed by atoms with Crippen molar-refractivity contribution in [3.63, 3.8) is 0 Å². The highest BCUT2D eigenvalue weighted by Gasteiger charge is 2.44. The molecule has 36 heavy (non-hydrogen) atoms. The quantitative estimate of drug-likeness (QED) is 0.532. The topological polar surface area (TPSA) is 145 Å². The van der Waals surface area contributed by atoms with Crippen LogP contribution in [-0.4, -0.2) is 61.0 Å². The zero-order chi connectivity index (χ0) is 25.1. The Balaban J connectivity index is 1.40. The number of ketones is 1. The summed E-state index contributed by atoms with van der Waals surface area (Å²) in [7, 11) is 0. The number of amides is 2. The molecule has 6 rings (SSSR count). The fourth-order valence-corrected chi connectivity index (χ4v) is 6.12. The Bertz CT molecular complexity index is 1390. The van der Waals surface area contributed by atoms with E-state index in [0.717, 1.165) is 36.8 Å². The second kappa shape index (κ2) is 8.28. The van der Waals surface area contributed by atoms with Crippen LogP contribution in [0.25, 0.3) is 16.8 Å². The summed E-state index contributed by atoms with van der Waals surface area (Å²) in [5.74, 6) is 0.250. The highest BCUT2D eigenvalue weighted by atomic mass is 16.6. The average molecular weight is 490 g/mol. The molecule has 0 aliphatic carbocycles.